The quantitative estimate of drug-likeness (QED) is 0.174. The molecule has 0 aliphatic rings. The maximum absolute atomic E-state index is 4.17. The zero-order valence-electron chi connectivity index (χ0n) is 16.4. The molecule has 23 heavy (non-hydrogen) atoms. The lowest BCUT2D eigenvalue weighted by Crippen LogP contribution is -2.29. The summed E-state index contributed by atoms with van der Waals surface area (Å²) in [5, 5.41) is 0. The minimum Gasteiger partial charge on any atom is -0.107 e. The third-order valence-corrected chi connectivity index (χ3v) is 9.50. The fourth-order valence-electron chi connectivity index (χ4n) is 3.44. The van der Waals surface area contributed by atoms with E-state index in [1.807, 2.05) is 0 Å². The van der Waals surface area contributed by atoms with Crippen LogP contribution >= 0.6 is 0 Å². The molecule has 0 aliphatic carbocycles. The topological polar surface area (TPSA) is 0 Å². The molecule has 0 heterocycles. The average Bonchev–Trinajstić information content (AvgIpc) is 2.58. The molecule has 136 valence electrons. The van der Waals surface area contributed by atoms with Crippen LogP contribution in [0.4, 0.5) is 0 Å². The van der Waals surface area contributed by atoms with Gasteiger partial charge in [0.15, 0.2) is 0 Å². The Kier molecular flexibility index (Phi) is 16.3. The molecule has 0 saturated heterocycles. The predicted octanol–water partition coefficient (Wildman–Crippen LogP) is 8.39. The van der Waals surface area contributed by atoms with Crippen LogP contribution in [0.2, 0.25) is 12.1 Å². The Morgan fingerprint density at radius 2 is 0.826 bits per heavy atom. The van der Waals surface area contributed by atoms with Crippen molar-refractivity contribution in [1.29, 1.82) is 0 Å². The van der Waals surface area contributed by atoms with Crippen LogP contribution in [0.15, 0.2) is 24.6 Å². The third kappa shape index (κ3) is 12.7. The molecule has 0 fully saturated rings. The summed E-state index contributed by atoms with van der Waals surface area (Å²) in [5.74, 6) is 0. The molecule has 0 amide bonds. The van der Waals surface area contributed by atoms with Crippen LogP contribution in [-0.4, -0.2) is 8.07 Å². The SMILES string of the molecule is C=C[Si](C=C)(CCCCCCCCC)CCCCCCCCC. The van der Waals surface area contributed by atoms with Crippen LogP contribution in [0.3, 0.4) is 0 Å². The molecule has 0 N–H and O–H groups in total. The van der Waals surface area contributed by atoms with Crippen molar-refractivity contribution in [3.05, 3.63) is 24.6 Å². The Labute approximate surface area is 148 Å². The van der Waals surface area contributed by atoms with Crippen LogP contribution in [-0.2, 0) is 0 Å². The van der Waals surface area contributed by atoms with E-state index in [4.69, 9.17) is 0 Å². The predicted molar refractivity (Wildman–Crippen MR) is 112 cm³/mol. The van der Waals surface area contributed by atoms with Gasteiger partial charge >= 0.3 is 0 Å². The van der Waals surface area contributed by atoms with Gasteiger partial charge in [0.1, 0.15) is 8.07 Å². The van der Waals surface area contributed by atoms with Crippen molar-refractivity contribution < 1.29 is 0 Å². The molecule has 0 aromatic heterocycles. The molecule has 1 heteroatoms. The molecular formula is C22H44Si. The Balaban J connectivity index is 3.79. The summed E-state index contributed by atoms with van der Waals surface area (Å²) < 4.78 is 0. The minimum absolute atomic E-state index is 1.35. The molecule has 0 spiro atoms. The lowest BCUT2D eigenvalue weighted by molar-refractivity contribution is 0.596. The highest BCUT2D eigenvalue weighted by molar-refractivity contribution is 6.88. The zero-order chi connectivity index (χ0) is 17.2. The van der Waals surface area contributed by atoms with Gasteiger partial charge in [0, 0.05) is 0 Å². The highest BCUT2D eigenvalue weighted by Crippen LogP contribution is 2.25. The first-order valence-corrected chi connectivity index (χ1v) is 13.1. The molecule has 0 bridgehead atoms. The summed E-state index contributed by atoms with van der Waals surface area (Å²) >= 11 is 0. The second-order valence-electron chi connectivity index (χ2n) is 7.38. The van der Waals surface area contributed by atoms with Gasteiger partial charge < -0.3 is 0 Å². The Morgan fingerprint density at radius 1 is 0.522 bits per heavy atom. The van der Waals surface area contributed by atoms with Crippen LogP contribution < -0.4 is 0 Å². The Hall–Kier alpha value is -0.303. The summed E-state index contributed by atoms with van der Waals surface area (Å²) in [5.41, 5.74) is 4.63. The number of unbranched alkanes of at least 4 members (excludes halogenated alkanes) is 12. The molecule has 0 saturated carbocycles. The first-order chi connectivity index (χ1) is 11.2. The second-order valence-corrected chi connectivity index (χ2v) is 11.7. The monoisotopic (exact) mass is 336 g/mol. The van der Waals surface area contributed by atoms with Crippen LogP contribution in [0.5, 0.6) is 0 Å². The van der Waals surface area contributed by atoms with Gasteiger partial charge in [-0.25, -0.2) is 0 Å². The molecule has 0 atom stereocenters. The van der Waals surface area contributed by atoms with E-state index >= 15 is 0 Å². The van der Waals surface area contributed by atoms with E-state index in [1.165, 1.54) is 102 Å². The maximum atomic E-state index is 4.17. The van der Waals surface area contributed by atoms with Crippen molar-refractivity contribution in [2.24, 2.45) is 0 Å². The summed E-state index contributed by atoms with van der Waals surface area (Å²) in [6.45, 7) is 12.9. The summed E-state index contributed by atoms with van der Waals surface area (Å²) in [6, 6.07) is 2.78. The highest BCUT2D eigenvalue weighted by atomic mass is 28.3. The van der Waals surface area contributed by atoms with Crippen molar-refractivity contribution in [1.82, 2.24) is 0 Å². The van der Waals surface area contributed by atoms with E-state index in [0.29, 0.717) is 0 Å². The van der Waals surface area contributed by atoms with E-state index < -0.39 is 8.07 Å². The number of hydrogen-bond acceptors (Lipinski definition) is 0. The highest BCUT2D eigenvalue weighted by Gasteiger charge is 2.24. The summed E-state index contributed by atoms with van der Waals surface area (Å²) in [7, 11) is -1.37. The lowest BCUT2D eigenvalue weighted by atomic mass is 10.1. The van der Waals surface area contributed by atoms with Crippen molar-refractivity contribution in [3.63, 3.8) is 0 Å². The fraction of sp³-hybridized carbons (Fsp3) is 0.818. The van der Waals surface area contributed by atoms with E-state index in [0.717, 1.165) is 0 Å². The summed E-state index contributed by atoms with van der Waals surface area (Å²) in [6.07, 6.45) is 19.7. The molecule has 0 unspecified atom stereocenters. The van der Waals surface area contributed by atoms with Gasteiger partial charge in [-0.3, -0.25) is 0 Å². The van der Waals surface area contributed by atoms with E-state index in [9.17, 15) is 0 Å². The van der Waals surface area contributed by atoms with Crippen molar-refractivity contribution in [3.8, 4) is 0 Å². The van der Waals surface area contributed by atoms with E-state index in [2.05, 4.69) is 38.4 Å². The molecule has 0 aromatic rings. The van der Waals surface area contributed by atoms with Gasteiger partial charge in [-0.15, -0.1) is 13.2 Å². The molecule has 0 aliphatic heterocycles. The standard InChI is InChI=1S/C22H44Si/c1-5-9-11-13-15-17-19-21-23(7-3,8-4)22-20-18-16-14-12-10-6-2/h7-8H,3-6,9-22H2,1-2H3. The Bertz CT molecular complexity index is 241. The Morgan fingerprint density at radius 3 is 1.13 bits per heavy atom. The van der Waals surface area contributed by atoms with Crippen LogP contribution in [0, 0.1) is 0 Å². The van der Waals surface area contributed by atoms with Gasteiger partial charge in [0.2, 0.25) is 0 Å². The smallest absolute Gasteiger partial charge is 0.100 e. The fourth-order valence-corrected chi connectivity index (χ4v) is 6.49. The van der Waals surface area contributed by atoms with E-state index in [1.54, 1.807) is 0 Å². The van der Waals surface area contributed by atoms with E-state index in [-0.39, 0.29) is 0 Å². The molecular weight excluding hydrogens is 292 g/mol. The summed E-state index contributed by atoms with van der Waals surface area (Å²) in [4.78, 5) is 0. The van der Waals surface area contributed by atoms with Gasteiger partial charge in [-0.1, -0.05) is 127 Å². The molecule has 0 rings (SSSR count). The number of hydrogen-bond donors (Lipinski definition) is 0. The molecule has 0 aromatic carbocycles. The van der Waals surface area contributed by atoms with Crippen molar-refractivity contribution >= 4 is 8.07 Å². The number of rotatable bonds is 18. The third-order valence-electron chi connectivity index (χ3n) is 5.30. The molecule has 0 radical (unpaired) electrons. The van der Waals surface area contributed by atoms with Crippen LogP contribution in [0.25, 0.3) is 0 Å². The average molecular weight is 337 g/mol. The zero-order valence-corrected chi connectivity index (χ0v) is 17.4. The van der Waals surface area contributed by atoms with Gasteiger partial charge in [0.05, 0.1) is 0 Å². The lowest BCUT2D eigenvalue weighted by Gasteiger charge is -2.24. The second kappa shape index (κ2) is 16.6. The van der Waals surface area contributed by atoms with Crippen LogP contribution in [0.1, 0.15) is 104 Å². The largest absolute Gasteiger partial charge is 0.107 e. The molecule has 0 nitrogen and oxygen atoms in total. The van der Waals surface area contributed by atoms with Gasteiger partial charge in [-0.05, 0) is 0 Å². The normalized spacial score (nSPS) is 11.6. The van der Waals surface area contributed by atoms with Crippen molar-refractivity contribution in [2.45, 2.75) is 116 Å². The van der Waals surface area contributed by atoms with Gasteiger partial charge in [0.25, 0.3) is 0 Å². The first kappa shape index (κ1) is 22.7. The first-order valence-electron chi connectivity index (χ1n) is 10.5. The maximum Gasteiger partial charge on any atom is 0.100 e. The van der Waals surface area contributed by atoms with Gasteiger partial charge in [-0.2, -0.15) is 0 Å². The van der Waals surface area contributed by atoms with Crippen molar-refractivity contribution in [2.75, 3.05) is 0 Å². The minimum atomic E-state index is -1.37.